The predicted octanol–water partition coefficient (Wildman–Crippen LogP) is 3.80. The highest BCUT2D eigenvalue weighted by molar-refractivity contribution is 6.15. The molecule has 2 aliphatic rings. The summed E-state index contributed by atoms with van der Waals surface area (Å²) in [6.07, 6.45) is 3.92. The van der Waals surface area contributed by atoms with Crippen LogP contribution in [0.3, 0.4) is 0 Å². The third-order valence-electron chi connectivity index (χ3n) is 5.35. The van der Waals surface area contributed by atoms with Gasteiger partial charge in [0.2, 0.25) is 5.91 Å². The van der Waals surface area contributed by atoms with E-state index < -0.39 is 0 Å². The molecule has 0 radical (unpaired) electrons. The first-order chi connectivity index (χ1) is 13.2. The van der Waals surface area contributed by atoms with Gasteiger partial charge in [-0.05, 0) is 41.7 Å². The van der Waals surface area contributed by atoms with Gasteiger partial charge in [-0.2, -0.15) is 0 Å². The number of imide groups is 1. The van der Waals surface area contributed by atoms with Crippen LogP contribution in [-0.4, -0.2) is 29.8 Å². The summed E-state index contributed by atoms with van der Waals surface area (Å²) in [6.45, 7) is 4.29. The topological polar surface area (TPSA) is 40.6 Å². The predicted molar refractivity (Wildman–Crippen MR) is 107 cm³/mol. The minimum absolute atomic E-state index is 0.0857. The van der Waals surface area contributed by atoms with Gasteiger partial charge >= 0.3 is 0 Å². The van der Waals surface area contributed by atoms with Gasteiger partial charge in [-0.3, -0.25) is 14.5 Å². The van der Waals surface area contributed by atoms with Crippen molar-refractivity contribution >= 4 is 23.6 Å². The van der Waals surface area contributed by atoms with E-state index in [4.69, 9.17) is 0 Å². The molecular weight excluding hydrogens is 336 g/mol. The Kier molecular flexibility index (Phi) is 4.80. The quantitative estimate of drug-likeness (QED) is 0.615. The van der Waals surface area contributed by atoms with E-state index in [1.807, 2.05) is 31.2 Å². The zero-order chi connectivity index (χ0) is 18.8. The largest absolute Gasteiger partial charge is 0.366 e. The average Bonchev–Trinajstić information content (AvgIpc) is 2.96. The number of para-hydroxylation sites is 1. The lowest BCUT2D eigenvalue weighted by atomic mass is 9.98. The molecule has 0 spiro atoms. The van der Waals surface area contributed by atoms with Gasteiger partial charge in [0.1, 0.15) is 0 Å². The molecule has 0 aromatic heterocycles. The minimum atomic E-state index is -0.138. The molecule has 0 saturated carbocycles. The maximum atomic E-state index is 12.6. The lowest BCUT2D eigenvalue weighted by molar-refractivity contribution is -0.137. The average molecular weight is 360 g/mol. The van der Waals surface area contributed by atoms with Crippen LogP contribution in [0.1, 0.15) is 36.5 Å². The van der Waals surface area contributed by atoms with E-state index >= 15 is 0 Å². The number of likely N-dealkylation sites (tertiary alicyclic amines) is 1. The second kappa shape index (κ2) is 7.39. The van der Waals surface area contributed by atoms with Crippen LogP contribution in [0.4, 0.5) is 5.69 Å². The Bertz CT molecular complexity index is 916. The van der Waals surface area contributed by atoms with Crippen molar-refractivity contribution in [1.29, 1.82) is 0 Å². The number of fused-ring (bicyclic) bond motifs is 1. The van der Waals surface area contributed by atoms with Gasteiger partial charge in [-0.25, -0.2) is 0 Å². The molecule has 0 N–H and O–H groups in total. The van der Waals surface area contributed by atoms with Crippen molar-refractivity contribution < 1.29 is 9.59 Å². The van der Waals surface area contributed by atoms with E-state index in [0.717, 1.165) is 37.2 Å². The summed E-state index contributed by atoms with van der Waals surface area (Å²) in [5.74, 6) is -0.224. The Morgan fingerprint density at radius 2 is 1.74 bits per heavy atom. The fourth-order valence-corrected chi connectivity index (χ4v) is 3.97. The van der Waals surface area contributed by atoms with E-state index in [-0.39, 0.29) is 18.2 Å². The summed E-state index contributed by atoms with van der Waals surface area (Å²) in [7, 11) is 0. The molecule has 138 valence electrons. The second-order valence-electron chi connectivity index (χ2n) is 7.20. The Hall–Kier alpha value is -2.88. The number of hydrogen-bond acceptors (Lipinski definition) is 3. The molecule has 4 nitrogen and oxygen atoms in total. The van der Waals surface area contributed by atoms with Gasteiger partial charge in [-0.1, -0.05) is 49.4 Å². The maximum absolute atomic E-state index is 12.6. The highest BCUT2D eigenvalue weighted by atomic mass is 16.2. The van der Waals surface area contributed by atoms with Gasteiger partial charge in [0, 0.05) is 30.9 Å². The number of amides is 2. The fourth-order valence-electron chi connectivity index (χ4n) is 3.97. The third-order valence-corrected chi connectivity index (χ3v) is 5.35. The minimum Gasteiger partial charge on any atom is -0.366 e. The number of carbonyl (C=O) groups excluding carboxylic acids is 2. The lowest BCUT2D eigenvalue weighted by Gasteiger charge is -2.32. The number of carbonyl (C=O) groups is 2. The summed E-state index contributed by atoms with van der Waals surface area (Å²) >= 11 is 0. The molecule has 27 heavy (non-hydrogen) atoms. The second-order valence-corrected chi connectivity index (χ2v) is 7.20. The highest BCUT2D eigenvalue weighted by Gasteiger charge is 2.33. The maximum Gasteiger partial charge on any atom is 0.256 e. The molecule has 2 aromatic carbocycles. The van der Waals surface area contributed by atoms with Crippen LogP contribution in [0, 0.1) is 0 Å². The van der Waals surface area contributed by atoms with Gasteiger partial charge in [0.15, 0.2) is 0 Å². The molecule has 4 heteroatoms. The van der Waals surface area contributed by atoms with Crippen LogP contribution < -0.4 is 4.90 Å². The van der Waals surface area contributed by atoms with Gasteiger partial charge in [0.05, 0.1) is 6.42 Å². The molecule has 2 heterocycles. The lowest BCUT2D eigenvalue weighted by Crippen LogP contribution is -2.31. The summed E-state index contributed by atoms with van der Waals surface area (Å²) < 4.78 is 0. The van der Waals surface area contributed by atoms with Crippen LogP contribution in [-0.2, 0) is 22.6 Å². The van der Waals surface area contributed by atoms with Crippen molar-refractivity contribution in [2.45, 2.75) is 32.7 Å². The van der Waals surface area contributed by atoms with E-state index in [1.54, 1.807) is 0 Å². The van der Waals surface area contributed by atoms with Crippen molar-refractivity contribution in [2.75, 3.05) is 18.0 Å². The molecule has 1 saturated heterocycles. The molecule has 0 unspecified atom stereocenters. The molecule has 2 aromatic rings. The van der Waals surface area contributed by atoms with Crippen LogP contribution in [0.15, 0.2) is 54.1 Å². The number of rotatable bonds is 4. The van der Waals surface area contributed by atoms with Crippen molar-refractivity contribution in [1.82, 2.24) is 4.90 Å². The molecule has 0 aliphatic carbocycles. The Morgan fingerprint density at radius 3 is 2.56 bits per heavy atom. The Labute approximate surface area is 160 Å². The van der Waals surface area contributed by atoms with Crippen LogP contribution in [0.25, 0.3) is 6.08 Å². The number of benzene rings is 2. The van der Waals surface area contributed by atoms with Gasteiger partial charge in [0.25, 0.3) is 5.91 Å². The Morgan fingerprint density at radius 1 is 1.00 bits per heavy atom. The van der Waals surface area contributed by atoms with Crippen LogP contribution in [0.5, 0.6) is 0 Å². The highest BCUT2D eigenvalue weighted by Crippen LogP contribution is 2.30. The molecular formula is C23H24N2O2. The molecule has 2 amide bonds. The van der Waals surface area contributed by atoms with Crippen LogP contribution in [0.2, 0.25) is 0 Å². The first-order valence-electron chi connectivity index (χ1n) is 9.63. The SMILES string of the molecule is CCCN1C(=O)C/C(=C\c2ccccc2N2CCc3ccccc3C2)C1=O. The fraction of sp³-hybridized carbons (Fsp3) is 0.304. The first-order valence-corrected chi connectivity index (χ1v) is 9.63. The zero-order valence-electron chi connectivity index (χ0n) is 15.6. The monoisotopic (exact) mass is 360 g/mol. The number of nitrogens with zero attached hydrogens (tertiary/aromatic N) is 2. The van der Waals surface area contributed by atoms with E-state index in [0.29, 0.717) is 12.1 Å². The van der Waals surface area contributed by atoms with Gasteiger partial charge < -0.3 is 4.90 Å². The molecule has 0 bridgehead atoms. The van der Waals surface area contributed by atoms with Crippen LogP contribution >= 0.6 is 0 Å². The standard InChI is InChI=1S/C23H24N2O2/c1-2-12-25-22(26)15-20(23(25)27)14-18-8-5-6-10-21(18)24-13-11-17-7-3-4-9-19(17)16-24/h3-10,14H,2,11-13,15-16H2,1H3/b20-14+. The van der Waals surface area contributed by atoms with Crippen molar-refractivity contribution in [3.63, 3.8) is 0 Å². The van der Waals surface area contributed by atoms with E-state index in [2.05, 4.69) is 35.2 Å². The normalized spacial score (nSPS) is 18.3. The zero-order valence-corrected chi connectivity index (χ0v) is 15.6. The molecule has 0 atom stereocenters. The summed E-state index contributed by atoms with van der Waals surface area (Å²) in [5.41, 5.74) is 5.49. The third kappa shape index (κ3) is 3.39. The summed E-state index contributed by atoms with van der Waals surface area (Å²) in [5, 5.41) is 0. The molecule has 2 aliphatic heterocycles. The number of hydrogen-bond donors (Lipinski definition) is 0. The first kappa shape index (κ1) is 17.5. The summed E-state index contributed by atoms with van der Waals surface area (Å²) in [4.78, 5) is 28.5. The Balaban J connectivity index is 1.63. The molecule has 1 fully saturated rings. The van der Waals surface area contributed by atoms with Gasteiger partial charge in [-0.15, -0.1) is 0 Å². The smallest absolute Gasteiger partial charge is 0.256 e. The van der Waals surface area contributed by atoms with E-state index in [9.17, 15) is 9.59 Å². The summed E-state index contributed by atoms with van der Waals surface area (Å²) in [6, 6.07) is 16.7. The van der Waals surface area contributed by atoms with E-state index in [1.165, 1.54) is 16.0 Å². The van der Waals surface area contributed by atoms with Crippen molar-refractivity contribution in [2.24, 2.45) is 0 Å². The molecule has 4 rings (SSSR count). The number of anilines is 1. The van der Waals surface area contributed by atoms with Crippen molar-refractivity contribution in [3.05, 3.63) is 70.8 Å². The van der Waals surface area contributed by atoms with Crippen molar-refractivity contribution in [3.8, 4) is 0 Å².